The van der Waals surface area contributed by atoms with E-state index >= 15 is 0 Å². The van der Waals surface area contributed by atoms with Gasteiger partial charge in [0.1, 0.15) is 17.5 Å². The quantitative estimate of drug-likeness (QED) is 0.447. The molecule has 1 saturated carbocycles. The summed E-state index contributed by atoms with van der Waals surface area (Å²) in [5, 5.41) is 3.56. The van der Waals surface area contributed by atoms with Gasteiger partial charge in [-0.3, -0.25) is 19.2 Å². The van der Waals surface area contributed by atoms with Crippen LogP contribution in [-0.2, 0) is 14.4 Å². The normalized spacial score (nSPS) is 25.8. The van der Waals surface area contributed by atoms with Crippen molar-refractivity contribution >= 4 is 34.5 Å². The fraction of sp³-hybridized carbons (Fsp3) is 0.556. The number of ether oxygens (including phenoxy) is 1. The minimum atomic E-state index is -0.872. The van der Waals surface area contributed by atoms with Gasteiger partial charge in [0.05, 0.1) is 19.1 Å². The van der Waals surface area contributed by atoms with E-state index in [1.807, 2.05) is 18.2 Å². The molecule has 10 heteroatoms. The van der Waals surface area contributed by atoms with Crippen LogP contribution in [0.2, 0.25) is 0 Å². The van der Waals surface area contributed by atoms with E-state index < -0.39 is 41.1 Å². The number of aromatic amines is 1. The van der Waals surface area contributed by atoms with Crippen molar-refractivity contribution in [3.05, 3.63) is 30.0 Å². The summed E-state index contributed by atoms with van der Waals surface area (Å²) < 4.78 is 5.45. The van der Waals surface area contributed by atoms with Crippen molar-refractivity contribution < 1.29 is 23.9 Å². The summed E-state index contributed by atoms with van der Waals surface area (Å²) in [4.78, 5) is 57.2. The zero-order valence-electron chi connectivity index (χ0n) is 21.1. The van der Waals surface area contributed by atoms with Crippen LogP contribution >= 0.6 is 0 Å². The lowest BCUT2D eigenvalue weighted by Gasteiger charge is -2.44. The SMILES string of the molecule is COc1cccc2[nH]c(C(=O)N3C(C(N)=O)CC4(CCCCC4)C3[C@H](C[C@H]3CCNC3=O)C(N)=O)cc12. The average molecular weight is 510 g/mol. The molecule has 0 bridgehead atoms. The number of amides is 4. The first-order valence-corrected chi connectivity index (χ1v) is 13.1. The first-order chi connectivity index (χ1) is 17.8. The largest absolute Gasteiger partial charge is 0.496 e. The van der Waals surface area contributed by atoms with Crippen LogP contribution in [0.1, 0.15) is 61.9 Å². The molecular weight excluding hydrogens is 474 g/mol. The molecule has 0 radical (unpaired) electrons. The molecule has 1 aromatic carbocycles. The zero-order chi connectivity index (χ0) is 26.3. The third-order valence-electron chi connectivity index (χ3n) is 8.80. The highest BCUT2D eigenvalue weighted by atomic mass is 16.5. The number of methoxy groups -OCH3 is 1. The van der Waals surface area contributed by atoms with Crippen molar-refractivity contribution in [2.75, 3.05) is 13.7 Å². The lowest BCUT2D eigenvalue weighted by atomic mass is 9.64. The van der Waals surface area contributed by atoms with Crippen LogP contribution in [-0.4, -0.2) is 59.3 Å². The third kappa shape index (κ3) is 4.32. The highest BCUT2D eigenvalue weighted by molar-refractivity contribution is 6.02. The van der Waals surface area contributed by atoms with E-state index in [2.05, 4.69) is 10.3 Å². The Morgan fingerprint density at radius 2 is 1.95 bits per heavy atom. The molecule has 3 heterocycles. The molecule has 2 aromatic rings. The van der Waals surface area contributed by atoms with Gasteiger partial charge in [0, 0.05) is 23.4 Å². The molecule has 1 spiro atoms. The minimum absolute atomic E-state index is 0.103. The lowest BCUT2D eigenvalue weighted by Crippen LogP contribution is -2.55. The van der Waals surface area contributed by atoms with Crippen LogP contribution in [0.5, 0.6) is 5.75 Å². The van der Waals surface area contributed by atoms with Crippen LogP contribution in [0.15, 0.2) is 24.3 Å². The maximum absolute atomic E-state index is 14.2. The van der Waals surface area contributed by atoms with Gasteiger partial charge in [-0.25, -0.2) is 0 Å². The molecule has 2 unspecified atom stereocenters. The molecule has 1 aromatic heterocycles. The molecule has 1 aliphatic carbocycles. The summed E-state index contributed by atoms with van der Waals surface area (Å²) >= 11 is 0. The number of hydrogen-bond donors (Lipinski definition) is 4. The Bertz CT molecular complexity index is 1230. The van der Waals surface area contributed by atoms with Crippen molar-refractivity contribution in [3.8, 4) is 5.75 Å². The first kappa shape index (κ1) is 25.1. The molecule has 4 amide bonds. The molecule has 198 valence electrons. The molecule has 37 heavy (non-hydrogen) atoms. The first-order valence-electron chi connectivity index (χ1n) is 13.1. The summed E-state index contributed by atoms with van der Waals surface area (Å²) in [6.07, 6.45) is 5.70. The molecule has 3 aliphatic rings. The Kier molecular flexibility index (Phi) is 6.59. The Hall–Kier alpha value is -3.56. The number of hydrogen-bond acceptors (Lipinski definition) is 5. The molecule has 2 saturated heterocycles. The van der Waals surface area contributed by atoms with Crippen molar-refractivity contribution in [1.82, 2.24) is 15.2 Å². The standard InChI is InChI=1S/C27H35N5O5/c1-37-21-7-5-6-18-16(21)13-19(31-18)26(36)32-20(24(29)34)14-27(9-3-2-4-10-27)22(32)17(23(28)33)12-15-8-11-30-25(15)35/h5-7,13,15,17,20,22,31H,2-4,8-12,14H2,1H3,(H2,28,33)(H2,29,34)(H,30,35)/t15-,17+,20?,22?/m1/s1. The number of fused-ring (bicyclic) bond motifs is 1. The zero-order valence-corrected chi connectivity index (χ0v) is 21.1. The van der Waals surface area contributed by atoms with Gasteiger partial charge in [0.15, 0.2) is 0 Å². The molecule has 2 aliphatic heterocycles. The molecular formula is C27H35N5O5. The van der Waals surface area contributed by atoms with E-state index in [0.717, 1.165) is 43.0 Å². The number of primary amides is 2. The second-order valence-corrected chi connectivity index (χ2v) is 10.8. The molecule has 5 rings (SSSR count). The minimum Gasteiger partial charge on any atom is -0.496 e. The summed E-state index contributed by atoms with van der Waals surface area (Å²) in [6.45, 7) is 0.550. The van der Waals surface area contributed by atoms with Crippen LogP contribution < -0.4 is 21.5 Å². The number of H-pyrrole nitrogens is 1. The maximum atomic E-state index is 14.2. The molecule has 10 nitrogen and oxygen atoms in total. The van der Waals surface area contributed by atoms with Gasteiger partial charge in [-0.05, 0) is 55.7 Å². The fourth-order valence-electron chi connectivity index (χ4n) is 7.11. The highest BCUT2D eigenvalue weighted by Gasteiger charge is 2.59. The Labute approximate surface area is 215 Å². The number of nitrogens with one attached hydrogen (secondary N) is 2. The van der Waals surface area contributed by atoms with Gasteiger partial charge in [-0.1, -0.05) is 25.3 Å². The average Bonchev–Trinajstić information content (AvgIpc) is 3.58. The van der Waals surface area contributed by atoms with Gasteiger partial charge in [0.2, 0.25) is 17.7 Å². The molecule has 6 N–H and O–H groups in total. The van der Waals surface area contributed by atoms with Gasteiger partial charge in [-0.15, -0.1) is 0 Å². The Morgan fingerprint density at radius 3 is 2.57 bits per heavy atom. The van der Waals surface area contributed by atoms with Gasteiger partial charge in [0.25, 0.3) is 5.91 Å². The second kappa shape index (κ2) is 9.72. The number of nitrogens with zero attached hydrogens (tertiary/aromatic N) is 1. The molecule has 4 atom stereocenters. The van der Waals surface area contributed by atoms with Crippen molar-refractivity contribution in [2.45, 2.75) is 63.5 Å². The van der Waals surface area contributed by atoms with E-state index in [1.165, 1.54) is 4.90 Å². The van der Waals surface area contributed by atoms with E-state index in [4.69, 9.17) is 16.2 Å². The lowest BCUT2D eigenvalue weighted by molar-refractivity contribution is -0.129. The van der Waals surface area contributed by atoms with Crippen molar-refractivity contribution in [2.24, 2.45) is 28.7 Å². The Balaban J connectivity index is 1.60. The summed E-state index contributed by atoms with van der Waals surface area (Å²) in [7, 11) is 1.56. The smallest absolute Gasteiger partial charge is 0.271 e. The molecule has 3 fully saturated rings. The highest BCUT2D eigenvalue weighted by Crippen LogP contribution is 2.54. The predicted octanol–water partition coefficient (Wildman–Crippen LogP) is 1.82. The number of likely N-dealkylation sites (tertiary alicyclic amines) is 1. The van der Waals surface area contributed by atoms with E-state index in [1.54, 1.807) is 13.2 Å². The summed E-state index contributed by atoms with van der Waals surface area (Å²) in [5.74, 6) is -2.19. The number of carbonyl (C=O) groups excluding carboxylic acids is 4. The van der Waals surface area contributed by atoms with Crippen molar-refractivity contribution in [3.63, 3.8) is 0 Å². The van der Waals surface area contributed by atoms with Crippen LogP contribution in [0.4, 0.5) is 0 Å². The van der Waals surface area contributed by atoms with Gasteiger partial charge in [-0.2, -0.15) is 0 Å². The topological polar surface area (TPSA) is 161 Å². The maximum Gasteiger partial charge on any atom is 0.271 e. The monoisotopic (exact) mass is 509 g/mol. The van der Waals surface area contributed by atoms with E-state index in [9.17, 15) is 19.2 Å². The van der Waals surface area contributed by atoms with Gasteiger partial charge < -0.3 is 31.4 Å². The van der Waals surface area contributed by atoms with E-state index in [-0.39, 0.29) is 23.9 Å². The van der Waals surface area contributed by atoms with Crippen LogP contribution in [0.25, 0.3) is 10.9 Å². The predicted molar refractivity (Wildman–Crippen MR) is 136 cm³/mol. The second-order valence-electron chi connectivity index (χ2n) is 10.8. The van der Waals surface area contributed by atoms with Crippen LogP contribution in [0.3, 0.4) is 0 Å². The number of benzene rings is 1. The number of rotatable bonds is 7. The fourth-order valence-corrected chi connectivity index (χ4v) is 7.11. The number of nitrogens with two attached hydrogens (primary N) is 2. The third-order valence-corrected chi connectivity index (χ3v) is 8.80. The van der Waals surface area contributed by atoms with Crippen LogP contribution in [0, 0.1) is 17.3 Å². The van der Waals surface area contributed by atoms with Crippen molar-refractivity contribution in [1.29, 1.82) is 0 Å². The van der Waals surface area contributed by atoms with Gasteiger partial charge >= 0.3 is 0 Å². The summed E-state index contributed by atoms with van der Waals surface area (Å²) in [5.41, 5.74) is 12.4. The summed E-state index contributed by atoms with van der Waals surface area (Å²) in [6, 6.07) is 5.68. The number of carbonyl (C=O) groups is 4. The number of aromatic nitrogens is 1. The Morgan fingerprint density at radius 1 is 1.19 bits per heavy atom. The van der Waals surface area contributed by atoms with E-state index in [0.29, 0.717) is 25.1 Å².